The fourth-order valence-electron chi connectivity index (χ4n) is 6.28. The van der Waals surface area contributed by atoms with Crippen LogP contribution >= 0.6 is 23.1 Å². The van der Waals surface area contributed by atoms with E-state index in [0.717, 1.165) is 123 Å². The Kier molecular flexibility index (Phi) is 12.7. The van der Waals surface area contributed by atoms with Crippen LogP contribution in [0.4, 0.5) is 10.3 Å². The lowest BCUT2D eigenvalue weighted by Gasteiger charge is -2.34. The molecule has 0 N–H and O–H groups in total. The molecule has 15 heteroatoms. The van der Waals surface area contributed by atoms with Gasteiger partial charge < -0.3 is 14.5 Å². The molecule has 2 aliphatic heterocycles. The number of methoxy groups -OCH3 is 1. The Morgan fingerprint density at radius 3 is 1.41 bits per heavy atom. The molecule has 0 spiro atoms. The van der Waals surface area contributed by atoms with Gasteiger partial charge in [0.25, 0.3) is 0 Å². The van der Waals surface area contributed by atoms with E-state index in [9.17, 15) is 0 Å². The summed E-state index contributed by atoms with van der Waals surface area (Å²) in [6.07, 6.45) is 9.31. The predicted octanol–water partition coefficient (Wildman–Crippen LogP) is 5.35. The third-order valence-corrected chi connectivity index (χ3v) is 11.2. The molecule has 0 amide bonds. The number of piperazine rings is 2. The first kappa shape index (κ1) is 37.4. The lowest BCUT2D eigenvalue weighted by atomic mass is 10.1. The highest BCUT2D eigenvalue weighted by Gasteiger charge is 2.22. The van der Waals surface area contributed by atoms with Gasteiger partial charge in [-0.15, -0.1) is 0 Å². The Morgan fingerprint density at radius 2 is 0.981 bits per heavy atom. The number of anilines is 2. The van der Waals surface area contributed by atoms with Crippen molar-refractivity contribution in [1.29, 1.82) is 0 Å². The molecule has 2 fully saturated rings. The first-order valence-corrected chi connectivity index (χ1v) is 19.9. The average molecular weight is 763 g/mol. The van der Waals surface area contributed by atoms with E-state index < -0.39 is 0 Å². The van der Waals surface area contributed by atoms with Crippen LogP contribution in [0.1, 0.15) is 22.8 Å². The molecular formula is C39H46N12OS2. The van der Waals surface area contributed by atoms with Crippen LogP contribution in [0.2, 0.25) is 0 Å². The summed E-state index contributed by atoms with van der Waals surface area (Å²) in [6.45, 7) is 14.1. The number of aromatic nitrogens is 8. The van der Waals surface area contributed by atoms with Crippen molar-refractivity contribution in [3.8, 4) is 28.5 Å². The van der Waals surface area contributed by atoms with E-state index in [0.29, 0.717) is 5.82 Å². The molecule has 0 radical (unpaired) electrons. The van der Waals surface area contributed by atoms with Gasteiger partial charge in [-0.25, -0.2) is 19.9 Å². The summed E-state index contributed by atoms with van der Waals surface area (Å²) in [7, 11) is 1.70. The number of ether oxygens (including phenoxy) is 1. The van der Waals surface area contributed by atoms with E-state index in [-0.39, 0.29) is 0 Å². The van der Waals surface area contributed by atoms with Gasteiger partial charge in [0, 0.05) is 113 Å². The maximum Gasteiger partial charge on any atom is 0.205 e. The van der Waals surface area contributed by atoms with Crippen LogP contribution in [-0.4, -0.2) is 121 Å². The van der Waals surface area contributed by atoms with Crippen molar-refractivity contribution in [1.82, 2.24) is 48.5 Å². The number of hydrogen-bond acceptors (Lipinski definition) is 15. The summed E-state index contributed by atoms with van der Waals surface area (Å²) in [5.74, 6) is 3.85. The fraction of sp³-hybridized carbons (Fsp3) is 0.385. The molecule has 6 heterocycles. The maximum atomic E-state index is 5.22. The highest BCUT2D eigenvalue weighted by atomic mass is 32.1. The molecule has 0 aliphatic carbocycles. The molecule has 8 rings (SSSR count). The van der Waals surface area contributed by atoms with Crippen molar-refractivity contribution in [2.24, 2.45) is 0 Å². The molecule has 4 aromatic heterocycles. The van der Waals surface area contributed by atoms with Gasteiger partial charge in [-0.05, 0) is 49.9 Å². The topological polar surface area (TPSA) is 125 Å². The summed E-state index contributed by atoms with van der Waals surface area (Å²) >= 11 is 2.91. The monoisotopic (exact) mass is 762 g/mol. The summed E-state index contributed by atoms with van der Waals surface area (Å²) < 4.78 is 14.2. The Morgan fingerprint density at radius 1 is 0.556 bits per heavy atom. The van der Waals surface area contributed by atoms with Gasteiger partial charge >= 0.3 is 0 Å². The number of rotatable bonds is 11. The SMILES string of the molecule is COc1ccc(CCN2CCN(c3nc(-c4cnc(C)nc4)ns3)CC2)cc1.Cc1ncc(-c2nsc(N3CCN(CCc4ccccc4)CC3)n2)cn1. The molecule has 0 atom stereocenters. The first-order chi connectivity index (χ1) is 26.5. The summed E-state index contributed by atoms with van der Waals surface area (Å²) in [4.78, 5) is 36.0. The van der Waals surface area contributed by atoms with Crippen molar-refractivity contribution in [3.63, 3.8) is 0 Å². The molecule has 2 saturated heterocycles. The number of nitrogens with zero attached hydrogens (tertiary/aromatic N) is 12. The van der Waals surface area contributed by atoms with Gasteiger partial charge in [0.05, 0.1) is 18.2 Å². The fourth-order valence-corrected chi connectivity index (χ4v) is 7.75. The molecule has 13 nitrogen and oxygen atoms in total. The number of hydrogen-bond donors (Lipinski definition) is 0. The largest absolute Gasteiger partial charge is 0.497 e. The third kappa shape index (κ3) is 10.2. The van der Waals surface area contributed by atoms with Gasteiger partial charge in [-0.2, -0.15) is 18.7 Å². The highest BCUT2D eigenvalue weighted by molar-refractivity contribution is 7.10. The lowest BCUT2D eigenvalue weighted by molar-refractivity contribution is 0.261. The zero-order valence-electron chi connectivity index (χ0n) is 31.1. The van der Waals surface area contributed by atoms with E-state index in [4.69, 9.17) is 9.72 Å². The van der Waals surface area contributed by atoms with Gasteiger partial charge in [-0.1, -0.05) is 42.5 Å². The molecule has 280 valence electrons. The van der Waals surface area contributed by atoms with Crippen molar-refractivity contribution >= 4 is 33.3 Å². The zero-order chi connectivity index (χ0) is 37.1. The van der Waals surface area contributed by atoms with Crippen molar-refractivity contribution in [3.05, 3.63) is 102 Å². The van der Waals surface area contributed by atoms with Crippen LogP contribution in [0.15, 0.2) is 79.4 Å². The summed E-state index contributed by atoms with van der Waals surface area (Å²) in [5, 5.41) is 1.97. The standard InChI is InChI=1S/C20H24N6OS.C19H22N6S/c1-15-21-13-17(14-22-15)19-23-20(28-24-19)26-11-9-25(10-12-26)8-7-16-3-5-18(27-2)6-4-16;1-15-20-13-17(14-21-15)18-22-19(26-23-18)25-11-9-24(10-12-25)8-7-16-5-3-2-4-6-16/h3-6,13-14H,7-12H2,1-2H3;2-6,13-14H,7-12H2,1H3. The Hall–Kier alpha value is -4.96. The van der Waals surface area contributed by atoms with Crippen LogP contribution in [0.5, 0.6) is 5.75 Å². The third-order valence-electron chi connectivity index (χ3n) is 9.63. The molecule has 0 saturated carbocycles. The maximum absolute atomic E-state index is 5.22. The summed E-state index contributed by atoms with van der Waals surface area (Å²) in [5.41, 5.74) is 4.49. The molecular weight excluding hydrogens is 717 g/mol. The molecule has 0 unspecified atom stereocenters. The minimum absolute atomic E-state index is 0.710. The van der Waals surface area contributed by atoms with Gasteiger partial charge in [0.15, 0.2) is 11.6 Å². The highest BCUT2D eigenvalue weighted by Crippen LogP contribution is 2.26. The Labute approximate surface area is 325 Å². The molecule has 2 aromatic carbocycles. The molecule has 6 aromatic rings. The van der Waals surface area contributed by atoms with Gasteiger partial charge in [0.2, 0.25) is 10.3 Å². The molecule has 0 bridgehead atoms. The Bertz CT molecular complexity index is 2010. The van der Waals surface area contributed by atoms with Crippen LogP contribution in [0, 0.1) is 13.8 Å². The lowest BCUT2D eigenvalue weighted by Crippen LogP contribution is -2.47. The quantitative estimate of drug-likeness (QED) is 0.169. The minimum Gasteiger partial charge on any atom is -0.497 e. The molecule has 54 heavy (non-hydrogen) atoms. The first-order valence-electron chi connectivity index (χ1n) is 18.4. The average Bonchev–Trinajstić information content (AvgIpc) is 3.93. The smallest absolute Gasteiger partial charge is 0.205 e. The second-order valence-electron chi connectivity index (χ2n) is 13.3. The normalized spacial score (nSPS) is 15.2. The second kappa shape index (κ2) is 18.4. The van der Waals surface area contributed by atoms with Crippen LogP contribution in [0.3, 0.4) is 0 Å². The number of benzene rings is 2. The second-order valence-corrected chi connectivity index (χ2v) is 14.8. The zero-order valence-corrected chi connectivity index (χ0v) is 32.7. The van der Waals surface area contributed by atoms with Crippen molar-refractivity contribution in [2.75, 3.05) is 82.4 Å². The Balaban J connectivity index is 0.000000167. The van der Waals surface area contributed by atoms with E-state index in [2.05, 4.69) is 95.7 Å². The van der Waals surface area contributed by atoms with E-state index in [1.807, 2.05) is 26.0 Å². The number of aryl methyl sites for hydroxylation is 2. The van der Waals surface area contributed by atoms with E-state index in [1.54, 1.807) is 31.9 Å². The molecule has 2 aliphatic rings. The van der Waals surface area contributed by atoms with E-state index in [1.165, 1.54) is 34.2 Å². The van der Waals surface area contributed by atoms with Crippen LogP contribution < -0.4 is 14.5 Å². The van der Waals surface area contributed by atoms with E-state index >= 15 is 0 Å². The minimum atomic E-state index is 0.710. The van der Waals surface area contributed by atoms with Crippen molar-refractivity contribution in [2.45, 2.75) is 26.7 Å². The van der Waals surface area contributed by atoms with Crippen LogP contribution in [0.25, 0.3) is 22.8 Å². The van der Waals surface area contributed by atoms with Gasteiger partial charge in [-0.3, -0.25) is 9.80 Å². The predicted molar refractivity (Wildman–Crippen MR) is 215 cm³/mol. The summed E-state index contributed by atoms with van der Waals surface area (Å²) in [6, 6.07) is 19.0. The van der Waals surface area contributed by atoms with Crippen LogP contribution in [-0.2, 0) is 12.8 Å². The van der Waals surface area contributed by atoms with Gasteiger partial charge in [0.1, 0.15) is 17.4 Å². The van der Waals surface area contributed by atoms with Crippen molar-refractivity contribution < 1.29 is 4.74 Å².